The smallest absolute Gasteiger partial charge is 0.256 e. The summed E-state index contributed by atoms with van der Waals surface area (Å²) < 4.78 is 15.7. The summed E-state index contributed by atoms with van der Waals surface area (Å²) in [5.41, 5.74) is 0.298. The average Bonchev–Trinajstić information content (AvgIpc) is 2.52. The molecule has 0 heterocycles. The Morgan fingerprint density at radius 1 is 1.24 bits per heavy atom. The van der Waals surface area contributed by atoms with E-state index < -0.39 is 6.04 Å². The maximum atomic E-state index is 12.3. The van der Waals surface area contributed by atoms with Crippen LogP contribution in [0.25, 0.3) is 0 Å². The fourth-order valence-corrected chi connectivity index (χ4v) is 1.97. The summed E-state index contributed by atoms with van der Waals surface area (Å²) in [6.45, 7) is 1.95. The van der Waals surface area contributed by atoms with E-state index in [9.17, 15) is 4.79 Å². The van der Waals surface area contributed by atoms with Crippen molar-refractivity contribution in [3.8, 4) is 23.3 Å². The lowest BCUT2D eigenvalue weighted by Gasteiger charge is -2.16. The van der Waals surface area contributed by atoms with Gasteiger partial charge in [-0.05, 0) is 18.6 Å². The first-order valence-corrected chi connectivity index (χ1v) is 6.62. The predicted octanol–water partition coefficient (Wildman–Crippen LogP) is 2.13. The largest absolute Gasteiger partial charge is 0.493 e. The Bertz CT molecular complexity index is 537. The maximum Gasteiger partial charge on any atom is 0.256 e. The molecule has 1 aromatic rings. The molecule has 1 rings (SSSR count). The fourth-order valence-electron chi connectivity index (χ4n) is 1.97. The molecule has 114 valence electrons. The monoisotopic (exact) mass is 292 g/mol. The summed E-state index contributed by atoms with van der Waals surface area (Å²) in [5.74, 6) is 0.711. The zero-order valence-electron chi connectivity index (χ0n) is 12.7. The van der Waals surface area contributed by atoms with Gasteiger partial charge in [0.2, 0.25) is 5.75 Å². The summed E-state index contributed by atoms with van der Waals surface area (Å²) in [5, 5.41) is 11.7. The highest BCUT2D eigenvalue weighted by Crippen LogP contribution is 2.39. The third-order valence-electron chi connectivity index (χ3n) is 2.99. The zero-order chi connectivity index (χ0) is 15.8. The molecule has 0 aliphatic carbocycles. The number of hydrogen-bond donors (Lipinski definition) is 1. The molecule has 1 N–H and O–H groups in total. The second-order valence-electron chi connectivity index (χ2n) is 4.33. The Hall–Kier alpha value is -2.42. The van der Waals surface area contributed by atoms with Crippen LogP contribution >= 0.6 is 0 Å². The van der Waals surface area contributed by atoms with Crippen molar-refractivity contribution in [1.29, 1.82) is 5.26 Å². The quantitative estimate of drug-likeness (QED) is 0.832. The topological polar surface area (TPSA) is 80.6 Å². The Morgan fingerprint density at radius 3 is 2.38 bits per heavy atom. The van der Waals surface area contributed by atoms with Crippen LogP contribution < -0.4 is 19.5 Å². The molecule has 0 aliphatic heterocycles. The van der Waals surface area contributed by atoms with Crippen molar-refractivity contribution < 1.29 is 19.0 Å². The van der Waals surface area contributed by atoms with Gasteiger partial charge in [-0.1, -0.05) is 13.3 Å². The molecule has 1 atom stereocenters. The van der Waals surface area contributed by atoms with Crippen LogP contribution in [0.1, 0.15) is 30.1 Å². The number of hydrogen-bond acceptors (Lipinski definition) is 5. The van der Waals surface area contributed by atoms with Gasteiger partial charge >= 0.3 is 0 Å². The maximum absolute atomic E-state index is 12.3. The third kappa shape index (κ3) is 3.78. The molecular weight excluding hydrogens is 272 g/mol. The summed E-state index contributed by atoms with van der Waals surface area (Å²) in [7, 11) is 4.42. The molecule has 6 nitrogen and oxygen atoms in total. The number of carbonyl (C=O) groups is 1. The van der Waals surface area contributed by atoms with E-state index in [-0.39, 0.29) is 11.7 Å². The van der Waals surface area contributed by atoms with Gasteiger partial charge in [0.15, 0.2) is 11.5 Å². The van der Waals surface area contributed by atoms with Crippen LogP contribution in [0.5, 0.6) is 17.2 Å². The van der Waals surface area contributed by atoms with Crippen LogP contribution in [0.3, 0.4) is 0 Å². The van der Waals surface area contributed by atoms with Crippen molar-refractivity contribution in [3.63, 3.8) is 0 Å². The number of benzene rings is 1. The van der Waals surface area contributed by atoms with Crippen molar-refractivity contribution in [2.75, 3.05) is 21.3 Å². The minimum atomic E-state index is -0.527. The predicted molar refractivity (Wildman–Crippen MR) is 77.9 cm³/mol. The number of carbonyl (C=O) groups excluding carboxylic acids is 1. The molecule has 0 radical (unpaired) electrons. The molecule has 0 spiro atoms. The molecule has 1 amide bonds. The lowest BCUT2D eigenvalue weighted by Crippen LogP contribution is -2.33. The van der Waals surface area contributed by atoms with Gasteiger partial charge in [0.25, 0.3) is 5.91 Å². The molecule has 0 aliphatic rings. The molecule has 21 heavy (non-hydrogen) atoms. The molecule has 0 aromatic heterocycles. The van der Waals surface area contributed by atoms with Gasteiger partial charge in [0, 0.05) is 0 Å². The Morgan fingerprint density at radius 2 is 1.90 bits per heavy atom. The highest BCUT2D eigenvalue weighted by molar-refractivity contribution is 5.98. The van der Waals surface area contributed by atoms with E-state index in [0.29, 0.717) is 23.5 Å². The fraction of sp³-hybridized carbons (Fsp3) is 0.467. The highest BCUT2D eigenvalue weighted by atomic mass is 16.5. The van der Waals surface area contributed by atoms with Gasteiger partial charge in [-0.25, -0.2) is 0 Å². The van der Waals surface area contributed by atoms with Gasteiger partial charge in [-0.15, -0.1) is 0 Å². The van der Waals surface area contributed by atoms with Gasteiger partial charge in [0.05, 0.1) is 33.0 Å². The summed E-state index contributed by atoms with van der Waals surface area (Å²) in [6, 6.07) is 4.74. The average molecular weight is 292 g/mol. The number of nitriles is 1. The molecule has 1 aromatic carbocycles. The summed E-state index contributed by atoms with van der Waals surface area (Å²) in [6.07, 6.45) is 1.40. The minimum Gasteiger partial charge on any atom is -0.493 e. The normalized spacial score (nSPS) is 11.2. The molecule has 0 saturated heterocycles. The Kier molecular flexibility index (Phi) is 6.34. The van der Waals surface area contributed by atoms with Gasteiger partial charge in [-0.2, -0.15) is 5.26 Å². The van der Waals surface area contributed by atoms with Crippen molar-refractivity contribution in [1.82, 2.24) is 5.32 Å². The van der Waals surface area contributed by atoms with Crippen molar-refractivity contribution in [2.45, 2.75) is 25.8 Å². The van der Waals surface area contributed by atoms with Gasteiger partial charge in [0.1, 0.15) is 6.04 Å². The Balaban J connectivity index is 3.12. The van der Waals surface area contributed by atoms with E-state index >= 15 is 0 Å². The number of rotatable bonds is 7. The lowest BCUT2D eigenvalue weighted by atomic mass is 10.1. The van der Waals surface area contributed by atoms with E-state index in [0.717, 1.165) is 6.42 Å². The second-order valence-corrected chi connectivity index (χ2v) is 4.33. The van der Waals surface area contributed by atoms with Crippen molar-refractivity contribution >= 4 is 5.91 Å². The zero-order valence-corrected chi connectivity index (χ0v) is 12.7. The molecule has 0 bridgehead atoms. The second kappa shape index (κ2) is 8.00. The minimum absolute atomic E-state index is 0.280. The van der Waals surface area contributed by atoms with Gasteiger partial charge in [-0.3, -0.25) is 4.79 Å². The van der Waals surface area contributed by atoms with Crippen LogP contribution in [-0.2, 0) is 0 Å². The first-order chi connectivity index (χ1) is 10.1. The molecule has 6 heteroatoms. The van der Waals surface area contributed by atoms with Crippen LogP contribution in [-0.4, -0.2) is 33.3 Å². The van der Waals surface area contributed by atoms with E-state index in [4.69, 9.17) is 19.5 Å². The van der Waals surface area contributed by atoms with Crippen LogP contribution in [0.4, 0.5) is 0 Å². The van der Waals surface area contributed by atoms with E-state index in [1.807, 2.05) is 6.92 Å². The molecule has 0 saturated carbocycles. The standard InChI is InChI=1S/C15H20N2O4/c1-5-6-10(9-16)17-15(18)11-7-8-12(19-2)14(21-4)13(11)20-3/h7-8,10H,5-6H2,1-4H3,(H,17,18). The van der Waals surface area contributed by atoms with E-state index in [2.05, 4.69) is 11.4 Å². The van der Waals surface area contributed by atoms with E-state index in [1.165, 1.54) is 21.3 Å². The van der Waals surface area contributed by atoms with Crippen LogP contribution in [0, 0.1) is 11.3 Å². The first kappa shape index (κ1) is 16.6. The SMILES string of the molecule is CCCC(C#N)NC(=O)c1ccc(OC)c(OC)c1OC. The lowest BCUT2D eigenvalue weighted by molar-refractivity contribution is 0.0940. The molecule has 0 fully saturated rings. The Labute approximate surface area is 124 Å². The third-order valence-corrected chi connectivity index (χ3v) is 2.99. The van der Waals surface area contributed by atoms with E-state index in [1.54, 1.807) is 12.1 Å². The van der Waals surface area contributed by atoms with Crippen molar-refractivity contribution in [3.05, 3.63) is 17.7 Å². The number of nitrogens with zero attached hydrogens (tertiary/aromatic N) is 1. The first-order valence-electron chi connectivity index (χ1n) is 6.62. The van der Waals surface area contributed by atoms with Gasteiger partial charge < -0.3 is 19.5 Å². The van der Waals surface area contributed by atoms with Crippen LogP contribution in [0.15, 0.2) is 12.1 Å². The summed E-state index contributed by atoms with van der Waals surface area (Å²) in [4.78, 5) is 12.3. The summed E-state index contributed by atoms with van der Waals surface area (Å²) >= 11 is 0. The molecular formula is C15H20N2O4. The highest BCUT2D eigenvalue weighted by Gasteiger charge is 2.22. The number of methoxy groups -OCH3 is 3. The number of nitrogens with one attached hydrogen (secondary N) is 1. The number of ether oxygens (including phenoxy) is 3. The van der Waals surface area contributed by atoms with Crippen LogP contribution in [0.2, 0.25) is 0 Å². The number of amides is 1. The molecule has 1 unspecified atom stereocenters. The van der Waals surface area contributed by atoms with Crippen molar-refractivity contribution in [2.24, 2.45) is 0 Å².